The van der Waals surface area contributed by atoms with E-state index < -0.39 is 63.8 Å². The first-order chi connectivity index (χ1) is 36.2. The van der Waals surface area contributed by atoms with Crippen LogP contribution in [0.4, 0.5) is 17.6 Å². The van der Waals surface area contributed by atoms with Crippen molar-refractivity contribution in [3.05, 3.63) is 234 Å². The number of Topliss-reactive ketones (excluding diaryl/α,β-unsaturated/α-hetero) is 4. The minimum atomic E-state index is -2.22. The van der Waals surface area contributed by atoms with Gasteiger partial charge in [0.2, 0.25) is 5.41 Å². The van der Waals surface area contributed by atoms with Crippen LogP contribution in [0.2, 0.25) is 0 Å². The molecule has 2 heterocycles. The van der Waals surface area contributed by atoms with Crippen molar-refractivity contribution in [2.45, 2.75) is 18.6 Å². The number of fused-ring (bicyclic) bond motifs is 9. The van der Waals surface area contributed by atoms with Crippen molar-refractivity contribution in [3.63, 3.8) is 0 Å². The smallest absolute Gasteiger partial charge is 0.333 e. The third kappa shape index (κ3) is 7.23. The van der Waals surface area contributed by atoms with Gasteiger partial charge in [-0.15, -0.1) is 22.7 Å². The molecule has 75 heavy (non-hydrogen) atoms. The first-order valence-electron chi connectivity index (χ1n) is 23.3. The SMILES string of the molecule is O=C1C(=Cc2cc3cc4c(cc3s2)-c2cc3sc(C=C5C(=O)c6cc7cc(F)c(F)cc7cc6C5=O)cc3cc2C4(C(=O)OCc2ccccc2)C(=O)OCc2ccccc2)C(=O)c2cc3cc(F)c(F)cc3cc21. The summed E-state index contributed by atoms with van der Waals surface area (Å²) in [4.78, 5) is 86.9. The summed E-state index contributed by atoms with van der Waals surface area (Å²) >= 11 is 2.50. The molecule has 362 valence electrons. The molecule has 2 aromatic heterocycles. The summed E-state index contributed by atoms with van der Waals surface area (Å²) in [6.45, 7) is -0.384. The number of thiophene rings is 2. The summed E-state index contributed by atoms with van der Waals surface area (Å²) in [5.74, 6) is -8.53. The fraction of sp³-hybridized carbons (Fsp3) is 0.0492. The Morgan fingerprint density at radius 1 is 0.413 bits per heavy atom. The second-order valence-corrected chi connectivity index (χ2v) is 20.7. The number of ketones is 4. The van der Waals surface area contributed by atoms with Crippen LogP contribution in [-0.2, 0) is 37.7 Å². The Bertz CT molecular complexity index is 3960. The van der Waals surface area contributed by atoms with E-state index in [0.717, 1.165) is 24.3 Å². The van der Waals surface area contributed by atoms with Crippen molar-refractivity contribution in [3.8, 4) is 11.1 Å². The minimum Gasteiger partial charge on any atom is -0.459 e. The van der Waals surface area contributed by atoms with E-state index in [-0.39, 0.29) is 79.3 Å². The van der Waals surface area contributed by atoms with Gasteiger partial charge in [0, 0.05) is 41.4 Å². The van der Waals surface area contributed by atoms with E-state index in [1.165, 1.54) is 59.1 Å². The number of esters is 2. The van der Waals surface area contributed by atoms with Gasteiger partial charge < -0.3 is 9.47 Å². The molecule has 0 fully saturated rings. The third-order valence-corrected chi connectivity index (χ3v) is 16.1. The molecule has 0 atom stereocenters. The van der Waals surface area contributed by atoms with Crippen LogP contribution in [0.1, 0.15) is 73.4 Å². The lowest BCUT2D eigenvalue weighted by Gasteiger charge is -2.28. The molecule has 3 aliphatic carbocycles. The Labute approximate surface area is 429 Å². The van der Waals surface area contributed by atoms with Crippen LogP contribution in [0.15, 0.2) is 157 Å². The van der Waals surface area contributed by atoms with E-state index >= 15 is 9.59 Å². The molecule has 8 aromatic carbocycles. The Morgan fingerprint density at radius 3 is 1.08 bits per heavy atom. The normalized spacial score (nSPS) is 14.2. The molecule has 3 aliphatic rings. The van der Waals surface area contributed by atoms with Crippen molar-refractivity contribution < 1.29 is 55.8 Å². The Kier molecular flexibility index (Phi) is 10.4. The van der Waals surface area contributed by atoms with Gasteiger partial charge in [-0.2, -0.15) is 0 Å². The second-order valence-electron chi connectivity index (χ2n) is 18.5. The maximum Gasteiger partial charge on any atom is 0.333 e. The zero-order chi connectivity index (χ0) is 51.6. The lowest BCUT2D eigenvalue weighted by molar-refractivity contribution is -0.164. The summed E-state index contributed by atoms with van der Waals surface area (Å²) in [5.41, 5.74) is 0.534. The average Bonchev–Trinajstić information content (AvgIpc) is 4.22. The highest BCUT2D eigenvalue weighted by Crippen LogP contribution is 2.54. The molecule has 0 radical (unpaired) electrons. The third-order valence-electron chi connectivity index (χ3n) is 14.0. The quantitative estimate of drug-likeness (QED) is 0.0485. The van der Waals surface area contributed by atoms with Gasteiger partial charge in [0.1, 0.15) is 13.2 Å². The van der Waals surface area contributed by atoms with Gasteiger partial charge in [0.05, 0.1) is 11.1 Å². The highest BCUT2D eigenvalue weighted by atomic mass is 32.1. The van der Waals surface area contributed by atoms with Crippen molar-refractivity contribution in [1.29, 1.82) is 0 Å². The van der Waals surface area contributed by atoms with Crippen molar-refractivity contribution >= 4 is 112 Å². The predicted octanol–water partition coefficient (Wildman–Crippen LogP) is 13.7. The largest absolute Gasteiger partial charge is 0.459 e. The van der Waals surface area contributed by atoms with Crippen LogP contribution >= 0.6 is 22.7 Å². The zero-order valence-electron chi connectivity index (χ0n) is 38.5. The summed E-state index contributed by atoms with van der Waals surface area (Å²) in [6.07, 6.45) is 2.92. The summed E-state index contributed by atoms with van der Waals surface area (Å²) in [7, 11) is 0. The van der Waals surface area contributed by atoms with Gasteiger partial charge in [-0.05, 0) is 163 Å². The van der Waals surface area contributed by atoms with E-state index in [1.807, 2.05) is 24.3 Å². The molecule has 0 spiro atoms. The molecule has 13 rings (SSSR count). The number of halogens is 4. The van der Waals surface area contributed by atoms with Crippen LogP contribution < -0.4 is 0 Å². The maximum absolute atomic E-state index is 15.3. The predicted molar refractivity (Wildman–Crippen MR) is 277 cm³/mol. The molecule has 0 unspecified atom stereocenters. The molecular weight excluding hydrogens is 1000 g/mol. The van der Waals surface area contributed by atoms with Crippen molar-refractivity contribution in [2.75, 3.05) is 0 Å². The number of allylic oxidation sites excluding steroid dienone is 2. The zero-order valence-corrected chi connectivity index (χ0v) is 40.2. The lowest BCUT2D eigenvalue weighted by Crippen LogP contribution is -2.45. The van der Waals surface area contributed by atoms with Crippen LogP contribution in [0.5, 0.6) is 0 Å². The molecule has 0 aliphatic heterocycles. The fourth-order valence-corrected chi connectivity index (χ4v) is 12.5. The number of benzene rings is 8. The van der Waals surface area contributed by atoms with Gasteiger partial charge in [-0.1, -0.05) is 60.7 Å². The lowest BCUT2D eigenvalue weighted by atomic mass is 9.77. The first-order valence-corrected chi connectivity index (χ1v) is 24.9. The van der Waals surface area contributed by atoms with E-state index in [1.54, 1.807) is 72.8 Å². The van der Waals surface area contributed by atoms with Crippen LogP contribution in [-0.4, -0.2) is 35.1 Å². The molecular formula is C61H30F4O8S2. The summed E-state index contributed by atoms with van der Waals surface area (Å²) in [6, 6.07) is 37.9. The number of carbonyl (C=O) groups is 6. The number of ether oxygens (including phenoxy) is 2. The Morgan fingerprint density at radius 2 is 0.747 bits per heavy atom. The van der Waals surface area contributed by atoms with Gasteiger partial charge in [-0.25, -0.2) is 17.6 Å². The van der Waals surface area contributed by atoms with E-state index in [2.05, 4.69) is 0 Å². The van der Waals surface area contributed by atoms with E-state index in [9.17, 15) is 36.7 Å². The second kappa shape index (κ2) is 17.0. The fourth-order valence-electron chi connectivity index (χ4n) is 10.4. The summed E-state index contributed by atoms with van der Waals surface area (Å²) < 4.78 is 70.3. The van der Waals surface area contributed by atoms with E-state index in [0.29, 0.717) is 52.2 Å². The molecule has 0 N–H and O–H groups in total. The monoisotopic (exact) mass is 1030 g/mol. The van der Waals surface area contributed by atoms with Gasteiger partial charge >= 0.3 is 11.9 Å². The highest BCUT2D eigenvalue weighted by molar-refractivity contribution is 7.20. The molecule has 14 heteroatoms. The standard InChI is InChI=1S/C61H30F4O8S2/c62-49-19-31-13-41-42(14-32(31)20-50(49)63)56(67)45(55(41)66)23-37-11-35-17-47-39(25-53(35)74-37)40-26-54-36(12-38(75-54)24-46-57(68)43-15-33-21-51(64)52(65)22-34(33)16-44(43)58(46)69)18-48(40)61(47,59(70)72-27-29-7-3-1-4-8-29)60(71)73-28-30-9-5-2-6-10-30/h1-26H,27-28H2. The molecule has 0 saturated heterocycles. The van der Waals surface area contributed by atoms with Gasteiger partial charge in [0.25, 0.3) is 0 Å². The molecule has 8 nitrogen and oxygen atoms in total. The maximum atomic E-state index is 15.3. The number of hydrogen-bond acceptors (Lipinski definition) is 10. The van der Waals surface area contributed by atoms with E-state index in [4.69, 9.17) is 9.47 Å². The highest BCUT2D eigenvalue weighted by Gasteiger charge is 2.58. The minimum absolute atomic E-state index is 0.0596. The van der Waals surface area contributed by atoms with Gasteiger partial charge in [0.15, 0.2) is 46.4 Å². The number of carbonyl (C=O) groups excluding carboxylic acids is 6. The average molecular weight is 1030 g/mol. The van der Waals surface area contributed by atoms with Crippen LogP contribution in [0.25, 0.3) is 65.0 Å². The van der Waals surface area contributed by atoms with Crippen LogP contribution in [0, 0.1) is 23.3 Å². The molecule has 0 saturated carbocycles. The topological polar surface area (TPSA) is 121 Å². The Hall–Kier alpha value is -8.98. The number of rotatable bonds is 8. The van der Waals surface area contributed by atoms with Crippen molar-refractivity contribution in [1.82, 2.24) is 0 Å². The molecule has 0 bridgehead atoms. The molecule has 0 amide bonds. The van der Waals surface area contributed by atoms with Gasteiger partial charge in [-0.3, -0.25) is 28.8 Å². The Balaban J connectivity index is 0.950. The van der Waals surface area contributed by atoms with Crippen molar-refractivity contribution in [2.24, 2.45) is 0 Å². The molecule has 10 aromatic rings. The van der Waals surface area contributed by atoms with Crippen LogP contribution in [0.3, 0.4) is 0 Å². The first kappa shape index (κ1) is 45.9. The summed E-state index contributed by atoms with van der Waals surface area (Å²) in [5, 5.41) is 2.15. The number of hydrogen-bond donors (Lipinski definition) is 0.